The van der Waals surface area contributed by atoms with E-state index in [1.165, 1.54) is 20.8 Å². The largest absolute Gasteiger partial charge is 0.394 e. The second kappa shape index (κ2) is 58.8. The third-order valence-electron chi connectivity index (χ3n) is 17.5. The van der Waals surface area contributed by atoms with Gasteiger partial charge in [0.05, 0.1) is 145 Å². The molecule has 0 unspecified atom stereocenters. The number of aliphatic hydroxyl groups is 9. The number of nitrogens with one attached hydrogen (secondary N) is 7. The number of ketones is 1. The number of rotatable bonds is 63. The van der Waals surface area contributed by atoms with Crippen molar-refractivity contribution in [2.45, 2.75) is 217 Å². The first-order valence-corrected chi connectivity index (χ1v) is 38.1. The number of hydrogen-bond donors (Lipinski definition) is 16. The Hall–Kier alpha value is -5.00. The molecule has 0 aromatic heterocycles. The van der Waals surface area contributed by atoms with E-state index >= 15 is 0 Å². The molecule has 3 fully saturated rings. The van der Waals surface area contributed by atoms with Gasteiger partial charge in [0.25, 0.3) is 0 Å². The molecule has 0 bridgehead atoms. The zero-order valence-electron chi connectivity index (χ0n) is 64.8. The van der Waals surface area contributed by atoms with Crippen LogP contribution in [0, 0.1) is 11.3 Å². The van der Waals surface area contributed by atoms with E-state index < -0.39 is 160 Å². The molecule has 16 N–H and O–H groups in total. The van der Waals surface area contributed by atoms with Crippen LogP contribution in [0.3, 0.4) is 0 Å². The van der Waals surface area contributed by atoms with Gasteiger partial charge in [0.2, 0.25) is 41.4 Å². The van der Waals surface area contributed by atoms with Gasteiger partial charge in [-0.25, -0.2) is 0 Å². The van der Waals surface area contributed by atoms with E-state index in [0.29, 0.717) is 38.6 Å². The maximum absolute atomic E-state index is 14.4. The molecule has 3 rings (SSSR count). The lowest BCUT2D eigenvalue weighted by Crippen LogP contribution is -2.64. The van der Waals surface area contributed by atoms with Crippen LogP contribution in [0.1, 0.15) is 119 Å². The van der Waals surface area contributed by atoms with Crippen molar-refractivity contribution in [2.75, 3.05) is 178 Å². The summed E-state index contributed by atoms with van der Waals surface area (Å²) in [4.78, 5) is 102. The van der Waals surface area contributed by atoms with Crippen LogP contribution in [0.25, 0.3) is 0 Å². The zero-order chi connectivity index (χ0) is 81.1. The Bertz CT molecular complexity index is 2540. The van der Waals surface area contributed by atoms with Crippen LogP contribution in [0.5, 0.6) is 0 Å². The topological polar surface area (TPSA) is 541 Å². The number of carbonyl (C=O) groups is 8. The summed E-state index contributed by atoms with van der Waals surface area (Å²) in [6.07, 6.45) is -8.83. The van der Waals surface area contributed by atoms with E-state index in [2.05, 4.69) is 58.0 Å². The van der Waals surface area contributed by atoms with Crippen molar-refractivity contribution in [1.29, 1.82) is 0 Å². The highest BCUT2D eigenvalue weighted by molar-refractivity contribution is 5.92. The molecule has 0 radical (unpaired) electrons. The number of Topliss-reactive ketones (excluding diaryl/α,β-unsaturated/α-hetero) is 1. The maximum atomic E-state index is 14.4. The van der Waals surface area contributed by atoms with Gasteiger partial charge < -0.3 is 154 Å². The van der Waals surface area contributed by atoms with Gasteiger partial charge in [-0.15, -0.1) is 0 Å². The summed E-state index contributed by atoms with van der Waals surface area (Å²) in [5.74, 6) is -4.30. The predicted molar refractivity (Wildman–Crippen MR) is 386 cm³/mol. The molecule has 0 aliphatic carbocycles. The van der Waals surface area contributed by atoms with Crippen molar-refractivity contribution in [3.05, 3.63) is 0 Å². The van der Waals surface area contributed by atoms with Crippen LogP contribution < -0.4 is 37.2 Å². The second-order valence-corrected chi connectivity index (χ2v) is 27.9. The van der Waals surface area contributed by atoms with Crippen LogP contribution in [-0.4, -0.2) is 369 Å². The monoisotopic (exact) mass is 1590 g/mol. The number of hydrogen-bond acceptors (Lipinski definition) is 32. The molecular formula is C71H129N7O32. The number of carbonyl (C=O) groups excluding carboxylic acids is 8. The minimum absolute atomic E-state index is 0.00188. The van der Waals surface area contributed by atoms with Gasteiger partial charge in [0.15, 0.2) is 24.7 Å². The molecule has 17 atom stereocenters. The minimum atomic E-state index is -1.46. The second-order valence-electron chi connectivity index (χ2n) is 27.9. The summed E-state index contributed by atoms with van der Waals surface area (Å²) in [5.41, 5.74) is 0.208. The smallest absolute Gasteiger partial charge is 0.246 e. The Labute approximate surface area is 643 Å². The molecule has 39 heteroatoms. The van der Waals surface area contributed by atoms with Crippen LogP contribution >= 0.6 is 0 Å². The van der Waals surface area contributed by atoms with E-state index in [1.807, 2.05) is 0 Å². The Kier molecular flexibility index (Phi) is 53.0. The molecule has 3 aliphatic rings. The number of unbranched alkanes of at least 4 members (excludes halogenated alkanes) is 5. The Balaban J connectivity index is 1.48. The third-order valence-corrected chi connectivity index (χ3v) is 17.5. The highest BCUT2D eigenvalue weighted by Gasteiger charge is 2.48. The van der Waals surface area contributed by atoms with Crippen molar-refractivity contribution in [3.63, 3.8) is 0 Å². The fourth-order valence-corrected chi connectivity index (χ4v) is 11.6. The molecule has 110 heavy (non-hydrogen) atoms. The molecule has 3 saturated heterocycles. The number of amides is 7. The van der Waals surface area contributed by atoms with Crippen molar-refractivity contribution in [2.24, 2.45) is 11.3 Å². The maximum Gasteiger partial charge on any atom is 0.246 e. The van der Waals surface area contributed by atoms with E-state index in [1.54, 1.807) is 0 Å². The molecular weight excluding hydrogens is 1460 g/mol. The molecule has 0 spiro atoms. The van der Waals surface area contributed by atoms with E-state index in [-0.39, 0.29) is 181 Å². The van der Waals surface area contributed by atoms with Gasteiger partial charge in [0.1, 0.15) is 92.9 Å². The lowest BCUT2D eigenvalue weighted by Gasteiger charge is -2.42. The standard InChI is InChI=1S/C71H129N7O32/c1-46(82)75-58-64(92)61(89)52(40-79)108-68(58)105-36-33-99-24-21-96-27-30-102-43-55(86)72-18-13-9-15-49(67(95)74-20-12-8-7-11-17-71(4,5)6)39-51(85)50(78-57(88)45-104-32-29-98-23-26-101-35-38-107-70-60(77-48(3)84)66(94)63(91)54(42-81)110-70)16-10-14-19-73-56(87)44-103-31-28-97-22-25-100-34-37-106-69-59(76-47(2)83)65(93)62(90)53(41-80)109-69/h49-50,52-54,58-66,68-70,79-81,89-94H,7-45H2,1-6H3,(H,72,86)(H,73,87)(H,74,95)(H,75,82)(H,76,83)(H,77,84)(H,78,88)/t49-,50+,52-,53-,54-,58-,59-,60-,61+,62+,63+,64-,65-,66-,68-,69-,70-/m1/s1. The first-order valence-electron chi connectivity index (χ1n) is 38.1. The molecule has 39 nitrogen and oxygen atoms in total. The number of aliphatic hydroxyl groups excluding tert-OH is 9. The van der Waals surface area contributed by atoms with Gasteiger partial charge in [-0.2, -0.15) is 0 Å². The van der Waals surface area contributed by atoms with E-state index in [0.717, 1.165) is 32.1 Å². The van der Waals surface area contributed by atoms with Gasteiger partial charge in [-0.05, 0) is 50.4 Å². The Morgan fingerprint density at radius 3 is 1.03 bits per heavy atom. The minimum Gasteiger partial charge on any atom is -0.394 e. The summed E-state index contributed by atoms with van der Waals surface area (Å²) in [6.45, 7) is 10.2. The average Bonchev–Trinajstić information content (AvgIpc) is 0.821. The first-order chi connectivity index (χ1) is 52.7. The van der Waals surface area contributed by atoms with Gasteiger partial charge in [-0.3, -0.25) is 38.4 Å². The van der Waals surface area contributed by atoms with E-state index in [4.69, 9.17) is 71.1 Å². The fourth-order valence-electron chi connectivity index (χ4n) is 11.6. The SMILES string of the molecule is CC(=O)N[C@H]1[C@H](OCCOCCOCCOCC(=O)NCCCC[C@H](CC(=O)[C@H](CCCCNC(=O)COCCOCCOCCO[C@@H]2O[C@H](CO)[C@H](O)[C@H](O)[C@H]2NC(C)=O)NC(=O)COCCOCCOCCO[C@@H]2O[C@H](CO)[C@H](O)[C@H](O)[C@H]2NC(C)=O)C(=O)NCCCCCCC(C)(C)C)O[C@H](CO)[C@H](O)[C@@H]1O. The molecule has 3 aliphatic heterocycles. The fraction of sp³-hybridized carbons (Fsp3) is 0.887. The van der Waals surface area contributed by atoms with Crippen molar-refractivity contribution < 1.29 is 155 Å². The first kappa shape index (κ1) is 99.2. The average molecular weight is 1590 g/mol. The van der Waals surface area contributed by atoms with Crippen LogP contribution in [0.4, 0.5) is 0 Å². The Morgan fingerprint density at radius 2 is 0.682 bits per heavy atom. The zero-order valence-corrected chi connectivity index (χ0v) is 64.8. The van der Waals surface area contributed by atoms with Crippen LogP contribution in [-0.2, 0) is 109 Å². The van der Waals surface area contributed by atoms with Crippen molar-refractivity contribution >= 4 is 47.1 Å². The molecule has 7 amide bonds. The highest BCUT2D eigenvalue weighted by Crippen LogP contribution is 2.26. The highest BCUT2D eigenvalue weighted by atomic mass is 16.7. The lowest BCUT2D eigenvalue weighted by atomic mass is 9.89. The van der Waals surface area contributed by atoms with Crippen molar-refractivity contribution in [3.8, 4) is 0 Å². The quantitative estimate of drug-likeness (QED) is 0.0253. The van der Waals surface area contributed by atoms with Crippen molar-refractivity contribution in [1.82, 2.24) is 37.2 Å². The predicted octanol–water partition coefficient (Wildman–Crippen LogP) is -5.24. The van der Waals surface area contributed by atoms with E-state index in [9.17, 15) is 84.3 Å². The molecule has 0 aromatic carbocycles. The summed E-state index contributed by atoms with van der Waals surface area (Å²) in [6, 6.07) is -4.30. The molecule has 0 aromatic rings. The van der Waals surface area contributed by atoms with Gasteiger partial charge in [-0.1, -0.05) is 46.5 Å². The van der Waals surface area contributed by atoms with Crippen LogP contribution in [0.15, 0.2) is 0 Å². The molecule has 640 valence electrons. The third kappa shape index (κ3) is 42.9. The summed E-state index contributed by atoms with van der Waals surface area (Å²) in [7, 11) is 0. The number of ether oxygens (including phenoxy) is 15. The van der Waals surface area contributed by atoms with Gasteiger partial charge in [0, 0.05) is 52.7 Å². The normalized spacial score (nSPS) is 24.7. The van der Waals surface area contributed by atoms with Crippen LogP contribution in [0.2, 0.25) is 0 Å². The Morgan fingerprint density at radius 1 is 0.373 bits per heavy atom. The molecule has 0 saturated carbocycles. The van der Waals surface area contributed by atoms with Gasteiger partial charge >= 0.3 is 0 Å². The molecule has 3 heterocycles. The summed E-state index contributed by atoms with van der Waals surface area (Å²) in [5, 5.41) is 109. The summed E-state index contributed by atoms with van der Waals surface area (Å²) >= 11 is 0. The lowest BCUT2D eigenvalue weighted by molar-refractivity contribution is -0.272. The summed E-state index contributed by atoms with van der Waals surface area (Å²) < 4.78 is 83.2.